The molecule has 2 rings (SSSR count). The van der Waals surface area contributed by atoms with Crippen molar-refractivity contribution < 1.29 is 8.42 Å². The maximum absolute atomic E-state index is 12.2. The highest BCUT2D eigenvalue weighted by molar-refractivity contribution is 9.10. The maximum Gasteiger partial charge on any atom is 0.244 e. The first-order chi connectivity index (χ1) is 7.91. The van der Waals surface area contributed by atoms with Gasteiger partial charge in [0.2, 0.25) is 10.0 Å². The van der Waals surface area contributed by atoms with Gasteiger partial charge in [-0.3, -0.25) is 4.98 Å². The molecule has 1 saturated heterocycles. The number of hydrogen-bond donors (Lipinski definition) is 0. The van der Waals surface area contributed by atoms with Gasteiger partial charge in [0.1, 0.15) is 4.90 Å². The van der Waals surface area contributed by atoms with Gasteiger partial charge in [-0.1, -0.05) is 0 Å². The van der Waals surface area contributed by atoms with Crippen LogP contribution in [-0.2, 0) is 10.0 Å². The SMILES string of the molecule is CN(C)C1CN(S(=O)(=O)c2cncc(Br)c2)C1. The molecule has 0 saturated carbocycles. The van der Waals surface area contributed by atoms with E-state index in [0.29, 0.717) is 23.6 Å². The van der Waals surface area contributed by atoms with Gasteiger partial charge >= 0.3 is 0 Å². The van der Waals surface area contributed by atoms with Crippen LogP contribution >= 0.6 is 15.9 Å². The minimum absolute atomic E-state index is 0.240. The molecule has 17 heavy (non-hydrogen) atoms. The Morgan fingerprint density at radius 2 is 2.06 bits per heavy atom. The Hall–Kier alpha value is -0.500. The number of hydrogen-bond acceptors (Lipinski definition) is 4. The molecule has 0 atom stereocenters. The van der Waals surface area contributed by atoms with Crippen LogP contribution in [0, 0.1) is 0 Å². The van der Waals surface area contributed by atoms with Crippen LogP contribution in [-0.4, -0.2) is 55.8 Å². The van der Waals surface area contributed by atoms with Gasteiger partial charge in [0.25, 0.3) is 0 Å². The number of rotatable bonds is 3. The van der Waals surface area contributed by atoms with Crippen molar-refractivity contribution in [2.75, 3.05) is 27.2 Å². The van der Waals surface area contributed by atoms with E-state index in [1.54, 1.807) is 12.3 Å². The molecule has 1 aromatic rings. The van der Waals surface area contributed by atoms with Crippen LogP contribution in [0.2, 0.25) is 0 Å². The van der Waals surface area contributed by atoms with Crippen LogP contribution in [0.15, 0.2) is 27.8 Å². The summed E-state index contributed by atoms with van der Waals surface area (Å²) in [5, 5.41) is 0. The van der Waals surface area contributed by atoms with Gasteiger partial charge in [-0.2, -0.15) is 4.31 Å². The van der Waals surface area contributed by atoms with Crippen LogP contribution in [0.1, 0.15) is 0 Å². The van der Waals surface area contributed by atoms with Crippen LogP contribution in [0.25, 0.3) is 0 Å². The van der Waals surface area contributed by atoms with Crippen molar-refractivity contribution >= 4 is 26.0 Å². The third-order valence-electron chi connectivity index (χ3n) is 2.88. The maximum atomic E-state index is 12.2. The molecule has 0 aliphatic carbocycles. The molecule has 5 nitrogen and oxygen atoms in total. The molecule has 0 unspecified atom stereocenters. The zero-order valence-corrected chi connectivity index (χ0v) is 12.1. The lowest BCUT2D eigenvalue weighted by Gasteiger charge is -2.41. The van der Waals surface area contributed by atoms with Gasteiger partial charge in [0.15, 0.2) is 0 Å². The molecule has 0 spiro atoms. The van der Waals surface area contributed by atoms with Crippen LogP contribution in [0.5, 0.6) is 0 Å². The summed E-state index contributed by atoms with van der Waals surface area (Å²) in [4.78, 5) is 6.16. The smallest absolute Gasteiger partial charge is 0.244 e. The molecular formula is C10H14BrN3O2S. The molecule has 0 N–H and O–H groups in total. The lowest BCUT2D eigenvalue weighted by atomic mass is 10.2. The summed E-state index contributed by atoms with van der Waals surface area (Å²) in [5.74, 6) is 0. The summed E-state index contributed by atoms with van der Waals surface area (Å²) in [6.45, 7) is 1.09. The van der Waals surface area contributed by atoms with Gasteiger partial charge in [-0.25, -0.2) is 8.42 Å². The zero-order valence-electron chi connectivity index (χ0n) is 9.67. The highest BCUT2D eigenvalue weighted by atomic mass is 79.9. The molecule has 0 aromatic carbocycles. The summed E-state index contributed by atoms with van der Waals surface area (Å²) in [7, 11) is 0.530. The standard InChI is InChI=1S/C10H14BrN3O2S/c1-13(2)9-6-14(7-9)17(15,16)10-3-8(11)4-12-5-10/h3-5,9H,6-7H2,1-2H3. The van der Waals surface area contributed by atoms with E-state index in [4.69, 9.17) is 0 Å². The number of aromatic nitrogens is 1. The first-order valence-electron chi connectivity index (χ1n) is 5.18. The van der Waals surface area contributed by atoms with Crippen molar-refractivity contribution in [3.05, 3.63) is 22.9 Å². The number of nitrogens with zero attached hydrogens (tertiary/aromatic N) is 3. The molecular weight excluding hydrogens is 306 g/mol. The van der Waals surface area contributed by atoms with E-state index >= 15 is 0 Å². The second kappa shape index (κ2) is 4.64. The van der Waals surface area contributed by atoms with E-state index in [2.05, 4.69) is 20.9 Å². The number of pyridine rings is 1. The summed E-state index contributed by atoms with van der Waals surface area (Å²) in [6.07, 6.45) is 2.95. The molecule has 1 fully saturated rings. The lowest BCUT2D eigenvalue weighted by molar-refractivity contribution is 0.134. The fraction of sp³-hybridized carbons (Fsp3) is 0.500. The number of halogens is 1. The second-order valence-corrected chi connectivity index (χ2v) is 7.13. The Morgan fingerprint density at radius 3 is 2.59 bits per heavy atom. The third kappa shape index (κ3) is 2.52. The van der Waals surface area contributed by atoms with Crippen molar-refractivity contribution in [2.45, 2.75) is 10.9 Å². The summed E-state index contributed by atoms with van der Waals surface area (Å²) < 4.78 is 26.5. The average Bonchev–Trinajstić information content (AvgIpc) is 2.13. The fourth-order valence-electron chi connectivity index (χ4n) is 1.62. The Bertz CT molecular complexity index is 512. The predicted molar refractivity (Wildman–Crippen MR) is 68.2 cm³/mol. The first-order valence-corrected chi connectivity index (χ1v) is 7.41. The van der Waals surface area contributed by atoms with E-state index in [-0.39, 0.29) is 4.90 Å². The van der Waals surface area contributed by atoms with Crippen molar-refractivity contribution in [1.82, 2.24) is 14.2 Å². The second-order valence-electron chi connectivity index (χ2n) is 4.28. The van der Waals surface area contributed by atoms with Crippen molar-refractivity contribution in [2.24, 2.45) is 0 Å². The topological polar surface area (TPSA) is 53.5 Å². The summed E-state index contributed by atoms with van der Waals surface area (Å²) in [6, 6.07) is 1.88. The summed E-state index contributed by atoms with van der Waals surface area (Å²) >= 11 is 3.23. The molecule has 7 heteroatoms. The largest absolute Gasteiger partial charge is 0.304 e. The van der Waals surface area contributed by atoms with E-state index in [9.17, 15) is 8.42 Å². The van der Waals surface area contributed by atoms with Gasteiger partial charge < -0.3 is 4.90 Å². The average molecular weight is 320 g/mol. The zero-order chi connectivity index (χ0) is 12.6. The van der Waals surface area contributed by atoms with Crippen LogP contribution < -0.4 is 0 Å². The van der Waals surface area contributed by atoms with Crippen LogP contribution in [0.3, 0.4) is 0 Å². The van der Waals surface area contributed by atoms with E-state index in [0.717, 1.165) is 0 Å². The molecule has 2 heterocycles. The van der Waals surface area contributed by atoms with E-state index in [1.807, 2.05) is 19.0 Å². The Balaban J connectivity index is 2.16. The predicted octanol–water partition coefficient (Wildman–Crippen LogP) is 0.779. The molecule has 0 amide bonds. The molecule has 0 radical (unpaired) electrons. The van der Waals surface area contributed by atoms with E-state index in [1.165, 1.54) is 10.5 Å². The minimum atomic E-state index is -3.38. The molecule has 94 valence electrons. The van der Waals surface area contributed by atoms with Crippen molar-refractivity contribution in [3.63, 3.8) is 0 Å². The molecule has 0 bridgehead atoms. The quantitative estimate of drug-likeness (QED) is 0.826. The minimum Gasteiger partial charge on any atom is -0.304 e. The van der Waals surface area contributed by atoms with Gasteiger partial charge in [0, 0.05) is 36.0 Å². The highest BCUT2D eigenvalue weighted by Gasteiger charge is 2.37. The highest BCUT2D eigenvalue weighted by Crippen LogP contribution is 2.24. The summed E-state index contributed by atoms with van der Waals surface area (Å²) in [5.41, 5.74) is 0. The molecule has 1 aliphatic rings. The third-order valence-corrected chi connectivity index (χ3v) is 5.11. The van der Waals surface area contributed by atoms with Gasteiger partial charge in [0.05, 0.1) is 0 Å². The van der Waals surface area contributed by atoms with E-state index < -0.39 is 10.0 Å². The lowest BCUT2D eigenvalue weighted by Crippen LogP contribution is -2.59. The van der Waals surface area contributed by atoms with Crippen LogP contribution in [0.4, 0.5) is 0 Å². The van der Waals surface area contributed by atoms with Gasteiger partial charge in [-0.15, -0.1) is 0 Å². The first kappa shape index (κ1) is 12.9. The Labute approximate surface area is 110 Å². The molecule has 1 aromatic heterocycles. The molecule has 1 aliphatic heterocycles. The number of likely N-dealkylation sites (N-methyl/N-ethyl adjacent to an activating group) is 1. The van der Waals surface area contributed by atoms with Crippen molar-refractivity contribution in [3.8, 4) is 0 Å². The monoisotopic (exact) mass is 319 g/mol. The Morgan fingerprint density at radius 1 is 1.41 bits per heavy atom. The normalized spacial score (nSPS) is 18.4. The fourth-order valence-corrected chi connectivity index (χ4v) is 3.64. The van der Waals surface area contributed by atoms with Gasteiger partial charge in [-0.05, 0) is 36.1 Å². The Kier molecular flexibility index (Phi) is 3.53. The van der Waals surface area contributed by atoms with Crippen molar-refractivity contribution in [1.29, 1.82) is 0 Å². The number of sulfonamides is 1.